The van der Waals surface area contributed by atoms with Gasteiger partial charge in [0.05, 0.1) is 7.11 Å². The summed E-state index contributed by atoms with van der Waals surface area (Å²) in [6, 6.07) is 5.63. The lowest BCUT2D eigenvalue weighted by molar-refractivity contribution is -0.118. The number of benzene rings is 1. The van der Waals surface area contributed by atoms with Crippen molar-refractivity contribution in [2.24, 2.45) is 0 Å². The molecule has 96 valence electrons. The smallest absolute Gasteiger partial charge is 0.216 e. The summed E-state index contributed by atoms with van der Waals surface area (Å²) in [5, 5.41) is 2.74. The molecule has 0 aliphatic heterocycles. The van der Waals surface area contributed by atoms with E-state index < -0.39 is 0 Å². The van der Waals surface area contributed by atoms with Crippen LogP contribution in [0.1, 0.15) is 12.5 Å². The first-order chi connectivity index (χ1) is 8.67. The van der Waals surface area contributed by atoms with Gasteiger partial charge < -0.3 is 14.8 Å². The van der Waals surface area contributed by atoms with Crippen LogP contribution in [0, 0.1) is 12.3 Å². The van der Waals surface area contributed by atoms with Crippen LogP contribution in [-0.4, -0.2) is 26.2 Å². The molecular weight excluding hydrogens is 230 g/mol. The molecule has 0 saturated carbocycles. The highest BCUT2D eigenvalue weighted by Crippen LogP contribution is 2.28. The lowest BCUT2D eigenvalue weighted by Crippen LogP contribution is -2.22. The number of methoxy groups -OCH3 is 1. The zero-order valence-corrected chi connectivity index (χ0v) is 10.7. The van der Waals surface area contributed by atoms with Gasteiger partial charge in [-0.1, -0.05) is 12.0 Å². The zero-order chi connectivity index (χ0) is 13.4. The number of ether oxygens (including phenoxy) is 2. The molecule has 4 heteroatoms. The molecule has 0 fully saturated rings. The molecule has 0 saturated heterocycles. The van der Waals surface area contributed by atoms with E-state index in [2.05, 4.69) is 11.2 Å². The van der Waals surface area contributed by atoms with E-state index in [-0.39, 0.29) is 12.5 Å². The SMILES string of the molecule is C#CCOc1ccc(CCNC(C)=O)cc1OC. The van der Waals surface area contributed by atoms with Crippen molar-refractivity contribution in [3.05, 3.63) is 23.8 Å². The van der Waals surface area contributed by atoms with Crippen LogP contribution >= 0.6 is 0 Å². The Morgan fingerprint density at radius 2 is 2.22 bits per heavy atom. The molecule has 0 atom stereocenters. The van der Waals surface area contributed by atoms with Crippen molar-refractivity contribution in [3.63, 3.8) is 0 Å². The molecular formula is C14H17NO3. The van der Waals surface area contributed by atoms with Crippen LogP contribution < -0.4 is 14.8 Å². The van der Waals surface area contributed by atoms with E-state index in [0.29, 0.717) is 18.0 Å². The van der Waals surface area contributed by atoms with E-state index >= 15 is 0 Å². The molecule has 1 aromatic carbocycles. The Morgan fingerprint density at radius 3 is 2.83 bits per heavy atom. The molecule has 1 N–H and O–H groups in total. The van der Waals surface area contributed by atoms with Gasteiger partial charge in [0.15, 0.2) is 11.5 Å². The maximum atomic E-state index is 10.8. The number of amides is 1. The topological polar surface area (TPSA) is 47.6 Å². The van der Waals surface area contributed by atoms with E-state index in [1.54, 1.807) is 7.11 Å². The second-order valence-corrected chi connectivity index (χ2v) is 3.71. The summed E-state index contributed by atoms with van der Waals surface area (Å²) in [6.45, 7) is 2.31. The standard InChI is InChI=1S/C14H17NO3/c1-4-9-18-13-6-5-12(10-14(13)17-3)7-8-15-11(2)16/h1,5-6,10H,7-9H2,2-3H3,(H,15,16). The molecule has 0 radical (unpaired) electrons. The number of rotatable bonds is 6. The number of carbonyl (C=O) groups excluding carboxylic acids is 1. The maximum Gasteiger partial charge on any atom is 0.216 e. The molecule has 0 aromatic heterocycles. The van der Waals surface area contributed by atoms with Gasteiger partial charge in [0.1, 0.15) is 6.61 Å². The van der Waals surface area contributed by atoms with Crippen LogP contribution in [0.25, 0.3) is 0 Å². The number of hydrogen-bond acceptors (Lipinski definition) is 3. The van der Waals surface area contributed by atoms with Gasteiger partial charge in [-0.05, 0) is 24.1 Å². The van der Waals surface area contributed by atoms with Gasteiger partial charge in [0, 0.05) is 13.5 Å². The first-order valence-electron chi connectivity index (χ1n) is 5.65. The average Bonchev–Trinajstić information content (AvgIpc) is 2.36. The third-order valence-corrected chi connectivity index (χ3v) is 2.33. The summed E-state index contributed by atoms with van der Waals surface area (Å²) < 4.78 is 10.6. The fourth-order valence-corrected chi connectivity index (χ4v) is 1.49. The highest BCUT2D eigenvalue weighted by molar-refractivity contribution is 5.72. The Hall–Kier alpha value is -2.15. The fraction of sp³-hybridized carbons (Fsp3) is 0.357. The molecule has 0 aliphatic rings. The maximum absolute atomic E-state index is 10.8. The predicted octanol–water partition coefficient (Wildman–Crippen LogP) is 1.39. The van der Waals surface area contributed by atoms with Gasteiger partial charge in [-0.2, -0.15) is 0 Å². The van der Waals surface area contributed by atoms with Gasteiger partial charge in [0.2, 0.25) is 5.91 Å². The largest absolute Gasteiger partial charge is 0.493 e. The van der Waals surface area contributed by atoms with E-state index in [9.17, 15) is 4.79 Å². The summed E-state index contributed by atoms with van der Waals surface area (Å²) in [5.41, 5.74) is 1.06. The van der Waals surface area contributed by atoms with Gasteiger partial charge in [-0.25, -0.2) is 0 Å². The van der Waals surface area contributed by atoms with Crippen LogP contribution in [0.4, 0.5) is 0 Å². The molecule has 0 bridgehead atoms. The molecule has 4 nitrogen and oxygen atoms in total. The third-order valence-electron chi connectivity index (χ3n) is 2.33. The van der Waals surface area contributed by atoms with Crippen LogP contribution in [0.3, 0.4) is 0 Å². The summed E-state index contributed by atoms with van der Waals surface area (Å²) in [6.07, 6.45) is 5.88. The molecule has 0 unspecified atom stereocenters. The lowest BCUT2D eigenvalue weighted by Gasteiger charge is -2.10. The molecule has 0 spiro atoms. The Kier molecular flexibility index (Phi) is 5.59. The highest BCUT2D eigenvalue weighted by atomic mass is 16.5. The quantitative estimate of drug-likeness (QED) is 0.773. The first kappa shape index (κ1) is 13.9. The van der Waals surface area contributed by atoms with Crippen molar-refractivity contribution in [2.75, 3.05) is 20.3 Å². The second-order valence-electron chi connectivity index (χ2n) is 3.71. The van der Waals surface area contributed by atoms with Crippen LogP contribution in [0.5, 0.6) is 11.5 Å². The van der Waals surface area contributed by atoms with Gasteiger partial charge in [-0.3, -0.25) is 4.79 Å². The van der Waals surface area contributed by atoms with E-state index in [1.807, 2.05) is 18.2 Å². The van der Waals surface area contributed by atoms with E-state index in [0.717, 1.165) is 12.0 Å². The second kappa shape index (κ2) is 7.23. The number of terminal acetylenes is 1. The van der Waals surface area contributed by atoms with Crippen LogP contribution in [0.15, 0.2) is 18.2 Å². The Labute approximate surface area is 107 Å². The number of carbonyl (C=O) groups is 1. The monoisotopic (exact) mass is 247 g/mol. The number of nitrogens with one attached hydrogen (secondary N) is 1. The highest BCUT2D eigenvalue weighted by Gasteiger charge is 2.05. The fourth-order valence-electron chi connectivity index (χ4n) is 1.49. The van der Waals surface area contributed by atoms with Crippen molar-refractivity contribution >= 4 is 5.91 Å². The minimum Gasteiger partial charge on any atom is -0.493 e. The summed E-state index contributed by atoms with van der Waals surface area (Å²) in [5.74, 6) is 3.64. The van der Waals surface area contributed by atoms with Crippen molar-refractivity contribution in [1.29, 1.82) is 0 Å². The van der Waals surface area contributed by atoms with Crippen molar-refractivity contribution < 1.29 is 14.3 Å². The van der Waals surface area contributed by atoms with Crippen molar-refractivity contribution in [2.45, 2.75) is 13.3 Å². The molecule has 1 rings (SSSR count). The zero-order valence-electron chi connectivity index (χ0n) is 10.7. The minimum atomic E-state index is -0.0315. The minimum absolute atomic E-state index is 0.0315. The molecule has 1 amide bonds. The lowest BCUT2D eigenvalue weighted by atomic mass is 10.1. The van der Waals surface area contributed by atoms with Gasteiger partial charge in [0.25, 0.3) is 0 Å². The van der Waals surface area contributed by atoms with Crippen molar-refractivity contribution in [3.8, 4) is 23.8 Å². The van der Waals surface area contributed by atoms with Crippen LogP contribution in [0.2, 0.25) is 0 Å². The average molecular weight is 247 g/mol. The Balaban J connectivity index is 2.66. The predicted molar refractivity (Wildman–Crippen MR) is 69.7 cm³/mol. The van der Waals surface area contributed by atoms with E-state index in [1.165, 1.54) is 6.92 Å². The summed E-state index contributed by atoms with van der Waals surface area (Å²) in [7, 11) is 1.58. The molecule has 18 heavy (non-hydrogen) atoms. The Bertz CT molecular complexity index is 449. The van der Waals surface area contributed by atoms with Gasteiger partial charge >= 0.3 is 0 Å². The van der Waals surface area contributed by atoms with E-state index in [4.69, 9.17) is 15.9 Å². The van der Waals surface area contributed by atoms with Gasteiger partial charge in [-0.15, -0.1) is 6.42 Å². The Morgan fingerprint density at radius 1 is 1.44 bits per heavy atom. The first-order valence-corrected chi connectivity index (χ1v) is 5.65. The number of hydrogen-bond donors (Lipinski definition) is 1. The summed E-state index contributed by atoms with van der Waals surface area (Å²) in [4.78, 5) is 10.8. The normalized spacial score (nSPS) is 9.39. The van der Waals surface area contributed by atoms with Crippen LogP contribution in [-0.2, 0) is 11.2 Å². The third kappa shape index (κ3) is 4.38. The summed E-state index contributed by atoms with van der Waals surface area (Å²) >= 11 is 0. The molecule has 1 aromatic rings. The molecule has 0 heterocycles. The van der Waals surface area contributed by atoms with Crippen molar-refractivity contribution in [1.82, 2.24) is 5.32 Å². The molecule has 0 aliphatic carbocycles.